The molecule has 1 amide bonds. The summed E-state index contributed by atoms with van der Waals surface area (Å²) in [7, 11) is 0. The van der Waals surface area contributed by atoms with Crippen molar-refractivity contribution >= 4 is 17.2 Å². The maximum Gasteiger partial charge on any atom is 0.224 e. The van der Waals surface area contributed by atoms with E-state index in [0.717, 1.165) is 13.1 Å². The number of carbonyl (C=O) groups is 1. The Morgan fingerprint density at radius 1 is 1.50 bits per heavy atom. The lowest BCUT2D eigenvalue weighted by molar-refractivity contribution is -0.125. The number of rotatable bonds is 6. The van der Waals surface area contributed by atoms with Crippen LogP contribution in [-0.4, -0.2) is 19.0 Å². The molecular weight excluding hydrogens is 220 g/mol. The molecular formula is C12H20N2OS. The van der Waals surface area contributed by atoms with Crippen LogP contribution in [0.5, 0.6) is 0 Å². The first-order chi connectivity index (χ1) is 7.65. The van der Waals surface area contributed by atoms with Gasteiger partial charge >= 0.3 is 0 Å². The largest absolute Gasteiger partial charge is 0.348 e. The molecule has 0 saturated carbocycles. The maximum atomic E-state index is 11.8. The Kier molecular flexibility index (Phi) is 5.49. The van der Waals surface area contributed by atoms with E-state index in [1.165, 1.54) is 4.88 Å². The summed E-state index contributed by atoms with van der Waals surface area (Å²) >= 11 is 1.67. The molecule has 1 unspecified atom stereocenters. The van der Waals surface area contributed by atoms with Gasteiger partial charge in [0.2, 0.25) is 5.91 Å². The number of hydrogen-bond donors (Lipinski definition) is 2. The SMILES string of the molecule is CCNCC(C)C(=O)N[C@@H](C)c1cccs1. The van der Waals surface area contributed by atoms with Crippen molar-refractivity contribution in [3.63, 3.8) is 0 Å². The Labute approximate surface area is 101 Å². The highest BCUT2D eigenvalue weighted by Gasteiger charge is 2.15. The lowest BCUT2D eigenvalue weighted by atomic mass is 10.1. The van der Waals surface area contributed by atoms with E-state index in [9.17, 15) is 4.79 Å². The lowest BCUT2D eigenvalue weighted by Crippen LogP contribution is -2.36. The van der Waals surface area contributed by atoms with Crippen LogP contribution in [0.3, 0.4) is 0 Å². The summed E-state index contributed by atoms with van der Waals surface area (Å²) in [6.45, 7) is 7.64. The zero-order valence-electron chi connectivity index (χ0n) is 10.1. The third kappa shape index (κ3) is 3.94. The van der Waals surface area contributed by atoms with Gasteiger partial charge in [-0.2, -0.15) is 0 Å². The Morgan fingerprint density at radius 2 is 2.25 bits per heavy atom. The fourth-order valence-corrected chi connectivity index (χ4v) is 2.15. The monoisotopic (exact) mass is 240 g/mol. The van der Waals surface area contributed by atoms with Crippen molar-refractivity contribution in [1.82, 2.24) is 10.6 Å². The van der Waals surface area contributed by atoms with E-state index >= 15 is 0 Å². The lowest BCUT2D eigenvalue weighted by Gasteiger charge is -2.16. The molecule has 2 atom stereocenters. The van der Waals surface area contributed by atoms with Crippen LogP contribution in [0.15, 0.2) is 17.5 Å². The van der Waals surface area contributed by atoms with Crippen molar-refractivity contribution in [1.29, 1.82) is 0 Å². The van der Waals surface area contributed by atoms with Crippen LogP contribution in [0.25, 0.3) is 0 Å². The summed E-state index contributed by atoms with van der Waals surface area (Å²) in [5, 5.41) is 8.23. The van der Waals surface area contributed by atoms with Gasteiger partial charge in [-0.15, -0.1) is 11.3 Å². The molecule has 0 spiro atoms. The minimum Gasteiger partial charge on any atom is -0.348 e. The molecule has 4 heteroatoms. The highest BCUT2D eigenvalue weighted by Crippen LogP contribution is 2.18. The molecule has 2 N–H and O–H groups in total. The average molecular weight is 240 g/mol. The van der Waals surface area contributed by atoms with E-state index < -0.39 is 0 Å². The van der Waals surface area contributed by atoms with Gasteiger partial charge in [0, 0.05) is 17.3 Å². The Bertz CT molecular complexity index is 311. The van der Waals surface area contributed by atoms with E-state index in [0.29, 0.717) is 0 Å². The van der Waals surface area contributed by atoms with E-state index in [1.807, 2.05) is 38.3 Å². The third-order valence-corrected chi connectivity index (χ3v) is 3.53. The van der Waals surface area contributed by atoms with E-state index in [2.05, 4.69) is 10.6 Å². The summed E-state index contributed by atoms with van der Waals surface area (Å²) in [6.07, 6.45) is 0. The molecule has 0 radical (unpaired) electrons. The fourth-order valence-electron chi connectivity index (χ4n) is 1.42. The van der Waals surface area contributed by atoms with Crippen LogP contribution in [0.2, 0.25) is 0 Å². The molecule has 0 saturated heterocycles. The molecule has 1 aromatic heterocycles. The molecule has 0 aliphatic carbocycles. The standard InChI is InChI=1S/C12H20N2OS/c1-4-13-8-9(2)12(15)14-10(3)11-6-5-7-16-11/h5-7,9-10,13H,4,8H2,1-3H3,(H,14,15)/t9?,10-/m0/s1. The van der Waals surface area contributed by atoms with Gasteiger partial charge in [-0.1, -0.05) is 19.9 Å². The van der Waals surface area contributed by atoms with Crippen molar-refractivity contribution in [2.24, 2.45) is 5.92 Å². The molecule has 90 valence electrons. The van der Waals surface area contributed by atoms with Gasteiger partial charge in [-0.25, -0.2) is 0 Å². The Morgan fingerprint density at radius 3 is 2.81 bits per heavy atom. The molecule has 3 nitrogen and oxygen atoms in total. The molecule has 0 bridgehead atoms. The van der Waals surface area contributed by atoms with E-state index in [-0.39, 0.29) is 17.9 Å². The van der Waals surface area contributed by atoms with Crippen molar-refractivity contribution in [3.05, 3.63) is 22.4 Å². The summed E-state index contributed by atoms with van der Waals surface area (Å²) in [6, 6.07) is 4.16. The number of thiophene rings is 1. The van der Waals surface area contributed by atoms with Crippen LogP contribution < -0.4 is 10.6 Å². The predicted molar refractivity (Wildman–Crippen MR) is 68.6 cm³/mol. The third-order valence-electron chi connectivity index (χ3n) is 2.48. The first-order valence-electron chi connectivity index (χ1n) is 5.69. The topological polar surface area (TPSA) is 41.1 Å². The molecule has 1 rings (SSSR count). The minimum atomic E-state index is 0.0161. The molecule has 1 aromatic rings. The van der Waals surface area contributed by atoms with Crippen LogP contribution in [0.1, 0.15) is 31.7 Å². The van der Waals surface area contributed by atoms with E-state index in [1.54, 1.807) is 11.3 Å². The van der Waals surface area contributed by atoms with Crippen molar-refractivity contribution in [2.45, 2.75) is 26.8 Å². The summed E-state index contributed by atoms with van der Waals surface area (Å²) in [4.78, 5) is 13.0. The number of hydrogen-bond acceptors (Lipinski definition) is 3. The van der Waals surface area contributed by atoms with Gasteiger partial charge in [0.25, 0.3) is 0 Å². The van der Waals surface area contributed by atoms with Crippen LogP contribution in [0, 0.1) is 5.92 Å². The molecule has 0 aliphatic rings. The quantitative estimate of drug-likeness (QED) is 0.800. The second-order valence-electron chi connectivity index (χ2n) is 3.95. The van der Waals surface area contributed by atoms with Gasteiger partial charge < -0.3 is 10.6 Å². The highest BCUT2D eigenvalue weighted by atomic mass is 32.1. The predicted octanol–water partition coefficient (Wildman–Crippen LogP) is 2.17. The summed E-state index contributed by atoms with van der Waals surface area (Å²) in [5.41, 5.74) is 0. The molecule has 16 heavy (non-hydrogen) atoms. The van der Waals surface area contributed by atoms with Gasteiger partial charge in [0.05, 0.1) is 6.04 Å². The molecule has 1 heterocycles. The van der Waals surface area contributed by atoms with Crippen LogP contribution in [0.4, 0.5) is 0 Å². The number of amides is 1. The normalized spacial score (nSPS) is 14.4. The molecule has 0 aliphatic heterocycles. The second kappa shape index (κ2) is 6.66. The zero-order valence-corrected chi connectivity index (χ0v) is 10.9. The fraction of sp³-hybridized carbons (Fsp3) is 0.583. The van der Waals surface area contributed by atoms with Crippen LogP contribution in [-0.2, 0) is 4.79 Å². The number of nitrogens with one attached hydrogen (secondary N) is 2. The minimum absolute atomic E-state index is 0.0161. The van der Waals surface area contributed by atoms with Gasteiger partial charge in [0.15, 0.2) is 0 Å². The zero-order chi connectivity index (χ0) is 12.0. The molecule has 0 fully saturated rings. The highest BCUT2D eigenvalue weighted by molar-refractivity contribution is 7.10. The van der Waals surface area contributed by atoms with E-state index in [4.69, 9.17) is 0 Å². The summed E-state index contributed by atoms with van der Waals surface area (Å²) < 4.78 is 0. The van der Waals surface area contributed by atoms with Crippen molar-refractivity contribution in [2.75, 3.05) is 13.1 Å². The van der Waals surface area contributed by atoms with Crippen LogP contribution >= 0.6 is 11.3 Å². The first-order valence-corrected chi connectivity index (χ1v) is 6.57. The Hall–Kier alpha value is -0.870. The summed E-state index contributed by atoms with van der Waals surface area (Å²) in [5.74, 6) is 0.129. The maximum absolute atomic E-state index is 11.8. The van der Waals surface area contributed by atoms with Gasteiger partial charge in [-0.05, 0) is 24.9 Å². The molecule has 0 aromatic carbocycles. The average Bonchev–Trinajstić information content (AvgIpc) is 2.79. The number of carbonyl (C=O) groups excluding carboxylic acids is 1. The smallest absolute Gasteiger partial charge is 0.224 e. The first kappa shape index (κ1) is 13.2. The Balaban J connectivity index is 2.39. The van der Waals surface area contributed by atoms with Gasteiger partial charge in [-0.3, -0.25) is 4.79 Å². The second-order valence-corrected chi connectivity index (χ2v) is 4.93. The van der Waals surface area contributed by atoms with Gasteiger partial charge in [0.1, 0.15) is 0 Å². The van der Waals surface area contributed by atoms with Crippen molar-refractivity contribution < 1.29 is 4.79 Å². The van der Waals surface area contributed by atoms with Crippen molar-refractivity contribution in [3.8, 4) is 0 Å².